The molecule has 0 saturated heterocycles. The van der Waals surface area contributed by atoms with Crippen LogP contribution in [0.25, 0.3) is 0 Å². The summed E-state index contributed by atoms with van der Waals surface area (Å²) in [6, 6.07) is 0. The molecule has 0 aliphatic carbocycles. The van der Waals surface area contributed by atoms with E-state index in [4.69, 9.17) is 0 Å². The Kier molecular flexibility index (Phi) is 19300. The number of hydrogen-bond acceptors (Lipinski definition) is 0. The second-order valence-electron chi connectivity index (χ2n) is 0. The first-order chi connectivity index (χ1) is 0. The van der Waals surface area contributed by atoms with Gasteiger partial charge in [-0.25, -0.2) is 0 Å². The van der Waals surface area contributed by atoms with Gasteiger partial charge in [-0.1, -0.05) is 0 Å². The van der Waals surface area contributed by atoms with Gasteiger partial charge in [0, 0.05) is 0 Å². The van der Waals surface area contributed by atoms with Gasteiger partial charge in [0.2, 0.25) is 0 Å². The fourth-order valence-corrected chi connectivity index (χ4v) is 0. The van der Waals surface area contributed by atoms with Gasteiger partial charge in [0.1, 0.15) is 0 Å². The van der Waals surface area contributed by atoms with Crippen LogP contribution in [0.4, 0.5) is 0 Å². The SMILES string of the molecule is O.O.[O-2].[O-2].[Re+4]. The Balaban J connectivity index is 0. The summed E-state index contributed by atoms with van der Waals surface area (Å²) in [7, 11) is 0. The van der Waals surface area contributed by atoms with Crippen molar-refractivity contribution in [2.75, 3.05) is 0 Å². The first-order valence-corrected chi connectivity index (χ1v) is 0. The fraction of sp³-hybridized carbons (Fsp3) is 0. The summed E-state index contributed by atoms with van der Waals surface area (Å²) in [6.07, 6.45) is 0. The van der Waals surface area contributed by atoms with Crippen LogP contribution >= 0.6 is 0 Å². The summed E-state index contributed by atoms with van der Waals surface area (Å²) in [6.45, 7) is 0. The number of rotatable bonds is 0. The summed E-state index contributed by atoms with van der Waals surface area (Å²) < 4.78 is 0. The summed E-state index contributed by atoms with van der Waals surface area (Å²) in [4.78, 5) is 0. The average molecular weight is 254 g/mol. The van der Waals surface area contributed by atoms with Crippen molar-refractivity contribution in [3.05, 3.63) is 0 Å². The monoisotopic (exact) mass is 255 g/mol. The predicted molar refractivity (Wildman–Crippen MR) is 8.60 cm³/mol. The average Bonchev–Trinajstić information content (AvgIpc) is 0. The standard InChI is InChI=1S/2H2O.2O.Re/h2*1H2;;;/q;;2*-2;+4. The van der Waals surface area contributed by atoms with Crippen molar-refractivity contribution in [3.63, 3.8) is 0 Å². The Hall–Kier alpha value is 0.502. The molecule has 0 bridgehead atoms. The minimum Gasteiger partial charge on any atom is -2.00 e. The molecule has 0 aliphatic heterocycles. The molecule has 0 rings (SSSR count). The molecule has 0 aromatic rings. The van der Waals surface area contributed by atoms with Crippen LogP contribution < -0.4 is 0 Å². The van der Waals surface area contributed by atoms with Gasteiger partial charge in [0.15, 0.2) is 0 Å². The Labute approximate surface area is 43.1 Å². The summed E-state index contributed by atoms with van der Waals surface area (Å²) in [5.74, 6) is 0. The van der Waals surface area contributed by atoms with E-state index in [1.54, 1.807) is 0 Å². The molecule has 0 aromatic heterocycles. The third kappa shape index (κ3) is 112. The molecule has 0 fully saturated rings. The summed E-state index contributed by atoms with van der Waals surface area (Å²) in [5, 5.41) is 0. The van der Waals surface area contributed by atoms with Gasteiger partial charge in [0.25, 0.3) is 0 Å². The zero-order valence-electron chi connectivity index (χ0n) is 2.19. The molecule has 0 atom stereocenters. The molecule has 4 nitrogen and oxygen atoms in total. The van der Waals surface area contributed by atoms with E-state index in [-0.39, 0.29) is 42.3 Å². The first kappa shape index (κ1) is 442. The molecule has 0 aromatic carbocycles. The minimum atomic E-state index is 0. The Morgan fingerprint density at radius 3 is 0.600 bits per heavy atom. The van der Waals surface area contributed by atoms with Crippen molar-refractivity contribution in [1.82, 2.24) is 0 Å². The largest absolute Gasteiger partial charge is 4.00 e. The zero-order chi connectivity index (χ0) is 0. The number of hydrogen-bond donors (Lipinski definition) is 0. The van der Waals surface area contributed by atoms with E-state index in [2.05, 4.69) is 0 Å². The van der Waals surface area contributed by atoms with Gasteiger partial charge < -0.3 is 21.9 Å². The fourth-order valence-electron chi connectivity index (χ4n) is 0. The zero-order valence-corrected chi connectivity index (χ0v) is 4.91. The van der Waals surface area contributed by atoms with Crippen molar-refractivity contribution < 1.29 is 42.3 Å². The van der Waals surface area contributed by atoms with E-state index in [0.29, 0.717) is 0 Å². The van der Waals surface area contributed by atoms with Gasteiger partial charge in [-0.3, -0.25) is 0 Å². The van der Waals surface area contributed by atoms with Crippen molar-refractivity contribution >= 4 is 0 Å². The minimum absolute atomic E-state index is 0. The van der Waals surface area contributed by atoms with Gasteiger partial charge >= 0.3 is 20.4 Å². The van der Waals surface area contributed by atoms with Crippen LogP contribution in [0, 0.1) is 0 Å². The quantitative estimate of drug-likeness (QED) is 0.480. The van der Waals surface area contributed by atoms with Crippen LogP contribution in [0.15, 0.2) is 0 Å². The summed E-state index contributed by atoms with van der Waals surface area (Å²) in [5.41, 5.74) is 0. The molecule has 0 aliphatic rings. The molecule has 0 amide bonds. The van der Waals surface area contributed by atoms with E-state index >= 15 is 0 Å². The Morgan fingerprint density at radius 1 is 0.600 bits per heavy atom. The normalized spacial score (nSPS) is 0. The van der Waals surface area contributed by atoms with E-state index in [1.165, 1.54) is 0 Å². The second-order valence-corrected chi connectivity index (χ2v) is 0. The molecule has 1 radical (unpaired) electrons. The first-order valence-electron chi connectivity index (χ1n) is 0. The van der Waals surface area contributed by atoms with Crippen molar-refractivity contribution in [3.8, 4) is 0 Å². The molecule has 0 unspecified atom stereocenters. The molecule has 0 spiro atoms. The van der Waals surface area contributed by atoms with Crippen LogP contribution in [-0.4, -0.2) is 11.0 Å². The maximum Gasteiger partial charge on any atom is 4.00 e. The van der Waals surface area contributed by atoms with Gasteiger partial charge in [-0.05, 0) is 0 Å². The Bertz CT molecular complexity index is 3.61. The molecule has 0 heterocycles. The molecule has 35 valence electrons. The maximum absolute atomic E-state index is 0. The maximum atomic E-state index is 0. The van der Waals surface area contributed by atoms with Crippen LogP contribution in [-0.2, 0) is 31.4 Å². The van der Waals surface area contributed by atoms with E-state index in [9.17, 15) is 0 Å². The molecule has 5 heteroatoms. The molecule has 0 saturated carbocycles. The summed E-state index contributed by atoms with van der Waals surface area (Å²) >= 11 is 0. The van der Waals surface area contributed by atoms with Crippen LogP contribution in [0.5, 0.6) is 0 Å². The van der Waals surface area contributed by atoms with Gasteiger partial charge in [-0.2, -0.15) is 0 Å². The predicted octanol–water partition coefficient (Wildman–Crippen LogP) is -1.89. The van der Waals surface area contributed by atoms with Crippen LogP contribution in [0.3, 0.4) is 0 Å². The third-order valence-electron chi connectivity index (χ3n) is 0. The Morgan fingerprint density at radius 2 is 0.600 bits per heavy atom. The van der Waals surface area contributed by atoms with Crippen LogP contribution in [0.2, 0.25) is 0 Å². The molecular weight excluding hydrogens is 250 g/mol. The smallest absolute Gasteiger partial charge is 2.00 e. The van der Waals surface area contributed by atoms with E-state index in [0.717, 1.165) is 0 Å². The van der Waals surface area contributed by atoms with Crippen LogP contribution in [0.1, 0.15) is 0 Å². The van der Waals surface area contributed by atoms with E-state index < -0.39 is 0 Å². The van der Waals surface area contributed by atoms with Crippen molar-refractivity contribution in [2.45, 2.75) is 0 Å². The van der Waals surface area contributed by atoms with Crippen molar-refractivity contribution in [2.24, 2.45) is 0 Å². The van der Waals surface area contributed by atoms with Crippen molar-refractivity contribution in [1.29, 1.82) is 0 Å². The van der Waals surface area contributed by atoms with Gasteiger partial charge in [0.05, 0.1) is 0 Å². The third-order valence-corrected chi connectivity index (χ3v) is 0. The molecular formula is H4O4Re. The van der Waals surface area contributed by atoms with E-state index in [1.807, 2.05) is 0 Å². The second kappa shape index (κ2) is 219. The topological polar surface area (TPSA) is 120 Å². The molecule has 4 N–H and O–H groups in total. The molecule has 5 heavy (non-hydrogen) atoms. The van der Waals surface area contributed by atoms with Gasteiger partial charge in [-0.15, -0.1) is 0 Å².